The lowest BCUT2D eigenvalue weighted by Gasteiger charge is -1.96. The molecule has 0 fully saturated rings. The summed E-state index contributed by atoms with van der Waals surface area (Å²) in [5, 5.41) is 0. The fourth-order valence-corrected chi connectivity index (χ4v) is 2.21. The zero-order chi connectivity index (χ0) is 13.1. The highest BCUT2D eigenvalue weighted by molar-refractivity contribution is 7.80. The largest absolute Gasteiger partial charge is 0.361 e. The predicted molar refractivity (Wildman–Crippen MR) is 81.2 cm³/mol. The summed E-state index contributed by atoms with van der Waals surface area (Å²) in [6, 6.07) is 24.0. The molecule has 0 spiro atoms. The molecule has 0 aliphatic heterocycles. The van der Waals surface area contributed by atoms with Crippen LogP contribution < -0.4 is 0 Å². The summed E-state index contributed by atoms with van der Waals surface area (Å²) in [5.41, 5.74) is 2.10. The van der Waals surface area contributed by atoms with Crippen molar-refractivity contribution in [2.24, 2.45) is 0 Å². The van der Waals surface area contributed by atoms with Crippen LogP contribution in [0.2, 0.25) is 0 Å². The molecule has 2 heteroatoms. The van der Waals surface area contributed by atoms with Crippen molar-refractivity contribution in [1.29, 1.82) is 0 Å². The Hall–Kier alpha value is -2.06. The Morgan fingerprint density at radius 2 is 1.05 bits per heavy atom. The molecule has 0 amide bonds. The van der Waals surface area contributed by atoms with Gasteiger partial charge >= 0.3 is 11.5 Å². The first-order valence-corrected chi connectivity index (χ1v) is 6.56. The van der Waals surface area contributed by atoms with E-state index in [0.29, 0.717) is 0 Å². The van der Waals surface area contributed by atoms with Crippen LogP contribution in [0.5, 0.6) is 0 Å². The minimum Gasteiger partial charge on any atom is -0.207 e. The van der Waals surface area contributed by atoms with Gasteiger partial charge in [0.1, 0.15) is 0 Å². The third-order valence-electron chi connectivity index (χ3n) is 2.89. The molecule has 1 aromatic heterocycles. The van der Waals surface area contributed by atoms with Gasteiger partial charge in [-0.2, -0.15) is 0 Å². The van der Waals surface area contributed by atoms with Gasteiger partial charge < -0.3 is 0 Å². The average Bonchev–Trinajstić information content (AvgIpc) is 2.48. The Balaban J connectivity index is 2.12. The maximum absolute atomic E-state index is 5.98. The smallest absolute Gasteiger partial charge is 0.207 e. The van der Waals surface area contributed by atoms with E-state index in [2.05, 4.69) is 12.6 Å². The van der Waals surface area contributed by atoms with Crippen LogP contribution in [0.4, 0.5) is 0 Å². The summed E-state index contributed by atoms with van der Waals surface area (Å²) in [5.74, 6) is 1.65. The first kappa shape index (κ1) is 12.0. The molecule has 3 rings (SSSR count). The number of thiol groups is 1. The molecule has 0 radical (unpaired) electrons. The second-order valence-corrected chi connectivity index (χ2v) is 4.79. The second kappa shape index (κ2) is 5.29. The van der Waals surface area contributed by atoms with Crippen molar-refractivity contribution in [3.05, 3.63) is 72.8 Å². The van der Waals surface area contributed by atoms with Crippen LogP contribution in [0.15, 0.2) is 82.1 Å². The van der Waals surface area contributed by atoms with Crippen molar-refractivity contribution in [3.63, 3.8) is 0 Å². The standard InChI is InChI=1S/C17H12OS/c19-15-11-16(13-7-3-1-4-8-13)18-17(12-15)14-9-5-2-6-10-14/h1-12H/p+1. The molecule has 19 heavy (non-hydrogen) atoms. The number of hydrogen-bond acceptors (Lipinski definition) is 1. The Morgan fingerprint density at radius 1 is 0.632 bits per heavy atom. The van der Waals surface area contributed by atoms with Gasteiger partial charge in [-0.05, 0) is 24.3 Å². The lowest BCUT2D eigenvalue weighted by Crippen LogP contribution is -1.82. The Morgan fingerprint density at radius 3 is 1.47 bits per heavy atom. The molecule has 0 N–H and O–H groups in total. The summed E-state index contributed by atoms with van der Waals surface area (Å²) in [6.07, 6.45) is 0. The molecule has 0 saturated heterocycles. The van der Waals surface area contributed by atoms with E-state index in [9.17, 15) is 0 Å². The molecule has 92 valence electrons. The summed E-state index contributed by atoms with van der Waals surface area (Å²) in [4.78, 5) is 0.893. The second-order valence-electron chi connectivity index (χ2n) is 4.28. The molecular formula is C17H13OS+. The predicted octanol–water partition coefficient (Wildman–Crippen LogP) is 5.18. The monoisotopic (exact) mass is 265 g/mol. The summed E-state index contributed by atoms with van der Waals surface area (Å²) in [6.45, 7) is 0. The van der Waals surface area contributed by atoms with Gasteiger partial charge in [-0.3, -0.25) is 0 Å². The number of rotatable bonds is 2. The first-order chi connectivity index (χ1) is 9.33. The minimum atomic E-state index is 0.826. The third-order valence-corrected chi connectivity index (χ3v) is 3.15. The molecular weight excluding hydrogens is 252 g/mol. The van der Waals surface area contributed by atoms with Gasteiger partial charge in [0.15, 0.2) is 0 Å². The van der Waals surface area contributed by atoms with E-state index in [4.69, 9.17) is 4.42 Å². The molecule has 0 atom stereocenters. The molecule has 0 saturated carbocycles. The van der Waals surface area contributed by atoms with Gasteiger partial charge in [-0.15, -0.1) is 12.6 Å². The van der Waals surface area contributed by atoms with Crippen molar-refractivity contribution in [1.82, 2.24) is 0 Å². The zero-order valence-corrected chi connectivity index (χ0v) is 11.2. The lowest BCUT2D eigenvalue weighted by atomic mass is 10.1. The van der Waals surface area contributed by atoms with Gasteiger partial charge in [0.05, 0.1) is 23.3 Å². The number of hydrogen-bond donors (Lipinski definition) is 1. The molecule has 3 aromatic rings. The molecule has 0 unspecified atom stereocenters. The average molecular weight is 265 g/mol. The van der Waals surface area contributed by atoms with Crippen LogP contribution in [0.25, 0.3) is 22.6 Å². The fraction of sp³-hybridized carbons (Fsp3) is 0. The van der Waals surface area contributed by atoms with E-state index in [-0.39, 0.29) is 0 Å². The van der Waals surface area contributed by atoms with Crippen LogP contribution in [0.3, 0.4) is 0 Å². The fourth-order valence-electron chi connectivity index (χ4n) is 1.98. The van der Waals surface area contributed by atoms with Crippen molar-refractivity contribution in [2.75, 3.05) is 0 Å². The molecule has 0 bridgehead atoms. The third kappa shape index (κ3) is 2.69. The minimum absolute atomic E-state index is 0.826. The van der Waals surface area contributed by atoms with Crippen LogP contribution in [-0.4, -0.2) is 0 Å². The molecule has 1 heterocycles. The van der Waals surface area contributed by atoms with Gasteiger partial charge in [0, 0.05) is 4.90 Å². The highest BCUT2D eigenvalue weighted by Crippen LogP contribution is 2.29. The number of benzene rings is 2. The van der Waals surface area contributed by atoms with E-state index >= 15 is 0 Å². The van der Waals surface area contributed by atoms with E-state index < -0.39 is 0 Å². The highest BCUT2D eigenvalue weighted by Gasteiger charge is 2.18. The van der Waals surface area contributed by atoms with Crippen LogP contribution in [0.1, 0.15) is 0 Å². The Kier molecular flexibility index (Phi) is 3.34. The van der Waals surface area contributed by atoms with Gasteiger partial charge in [0.2, 0.25) is 0 Å². The molecule has 0 aliphatic rings. The lowest BCUT2D eigenvalue weighted by molar-refractivity contribution is 0.577. The highest BCUT2D eigenvalue weighted by atomic mass is 32.1. The van der Waals surface area contributed by atoms with Crippen molar-refractivity contribution in [3.8, 4) is 22.6 Å². The Labute approximate surface area is 118 Å². The van der Waals surface area contributed by atoms with E-state index in [1.165, 1.54) is 0 Å². The van der Waals surface area contributed by atoms with Crippen LogP contribution in [0, 0.1) is 0 Å². The van der Waals surface area contributed by atoms with Crippen LogP contribution in [-0.2, 0) is 0 Å². The van der Waals surface area contributed by atoms with E-state index in [1.807, 2.05) is 72.8 Å². The molecule has 2 aromatic carbocycles. The zero-order valence-electron chi connectivity index (χ0n) is 10.3. The van der Waals surface area contributed by atoms with Crippen molar-refractivity contribution in [2.45, 2.75) is 4.90 Å². The maximum Gasteiger partial charge on any atom is 0.361 e. The summed E-state index contributed by atoms with van der Waals surface area (Å²) < 4.78 is 5.98. The topological polar surface area (TPSA) is 11.3 Å². The van der Waals surface area contributed by atoms with Gasteiger partial charge in [-0.1, -0.05) is 36.4 Å². The Bertz CT molecular complexity index is 620. The molecule has 1 nitrogen and oxygen atoms in total. The van der Waals surface area contributed by atoms with E-state index in [0.717, 1.165) is 27.5 Å². The van der Waals surface area contributed by atoms with Crippen molar-refractivity contribution < 1.29 is 4.42 Å². The normalized spacial score (nSPS) is 10.4. The quantitative estimate of drug-likeness (QED) is 0.497. The first-order valence-electron chi connectivity index (χ1n) is 6.11. The molecule has 0 aliphatic carbocycles. The van der Waals surface area contributed by atoms with Gasteiger partial charge in [0.25, 0.3) is 0 Å². The summed E-state index contributed by atoms with van der Waals surface area (Å²) >= 11 is 4.46. The maximum atomic E-state index is 5.98. The summed E-state index contributed by atoms with van der Waals surface area (Å²) in [7, 11) is 0. The SMILES string of the molecule is Sc1cc(-c2ccccc2)[o+]c(-c2ccccc2)c1. The van der Waals surface area contributed by atoms with Gasteiger partial charge in [-0.25, -0.2) is 4.42 Å². The van der Waals surface area contributed by atoms with E-state index in [1.54, 1.807) is 0 Å². The van der Waals surface area contributed by atoms with Crippen LogP contribution >= 0.6 is 12.6 Å². The van der Waals surface area contributed by atoms with Crippen molar-refractivity contribution >= 4 is 12.6 Å².